The molecule has 9 heavy (non-hydrogen) atoms. The van der Waals surface area contributed by atoms with Crippen LogP contribution in [0.1, 0.15) is 0 Å². The van der Waals surface area contributed by atoms with Gasteiger partial charge in [0.1, 0.15) is 0 Å². The van der Waals surface area contributed by atoms with Gasteiger partial charge in [-0.25, -0.2) is 0 Å². The summed E-state index contributed by atoms with van der Waals surface area (Å²) in [4.78, 5) is 0. The van der Waals surface area contributed by atoms with E-state index in [4.69, 9.17) is 9.47 Å². The van der Waals surface area contributed by atoms with Crippen molar-refractivity contribution in [1.82, 2.24) is 0 Å². The van der Waals surface area contributed by atoms with Gasteiger partial charge in [-0.2, -0.15) is 0 Å². The Kier molecular flexibility index (Phi) is 1.40. The van der Waals surface area contributed by atoms with Gasteiger partial charge in [-0.05, 0) is 0 Å². The minimum absolute atomic E-state index is 0.127. The van der Waals surface area contributed by atoms with Gasteiger partial charge in [0.05, 0.1) is 0 Å². The van der Waals surface area contributed by atoms with Crippen LogP contribution in [0.4, 0.5) is 0 Å². The van der Waals surface area contributed by atoms with E-state index >= 15 is 0 Å². The summed E-state index contributed by atoms with van der Waals surface area (Å²) in [6, 6.07) is 2.02. The summed E-state index contributed by atoms with van der Waals surface area (Å²) in [5.41, 5.74) is 0. The van der Waals surface area contributed by atoms with Crippen LogP contribution in [0.3, 0.4) is 0 Å². The Labute approximate surface area is 63.0 Å². The molecule has 0 unspecified atom stereocenters. The second-order valence-electron chi connectivity index (χ2n) is 1.77. The molecule has 2 nitrogen and oxygen atoms in total. The number of rotatable bonds is 0. The van der Waals surface area contributed by atoms with Gasteiger partial charge in [0.25, 0.3) is 0 Å². The molecular weight excluding hydrogens is 232 g/mol. The van der Waals surface area contributed by atoms with Gasteiger partial charge >= 0.3 is 62.8 Å². The van der Waals surface area contributed by atoms with Gasteiger partial charge in [-0.15, -0.1) is 0 Å². The fourth-order valence-corrected chi connectivity index (χ4v) is 2.81. The van der Waals surface area contributed by atoms with E-state index in [1.807, 2.05) is 6.07 Å². The predicted molar refractivity (Wildman–Crippen MR) is 34.4 cm³/mol. The molecule has 48 valence electrons. The first-order valence-corrected chi connectivity index (χ1v) is 5.31. The Bertz CT molecular complexity index is 186. The van der Waals surface area contributed by atoms with Crippen molar-refractivity contribution < 1.29 is 9.47 Å². The van der Waals surface area contributed by atoms with E-state index < -0.39 is 0 Å². The molecule has 1 aromatic rings. The molecule has 0 spiro atoms. The number of hydrogen-bond donors (Lipinski definition) is 0. The Hall–Kier alpha value is -0.130. The monoisotopic (exact) mass is 240 g/mol. The summed E-state index contributed by atoms with van der Waals surface area (Å²) in [5.74, 6) is 0.989. The maximum absolute atomic E-state index is 5.35. The Morgan fingerprint density at radius 1 is 1.33 bits per heavy atom. The molecule has 0 bridgehead atoms. The van der Waals surface area contributed by atoms with E-state index in [0.29, 0.717) is 0 Å². The van der Waals surface area contributed by atoms with Crippen LogP contribution in [0, 0.1) is 0 Å². The zero-order valence-corrected chi connectivity index (χ0v) is 7.12. The molecule has 0 aromatic carbocycles. The van der Waals surface area contributed by atoms with Crippen molar-refractivity contribution in [3.05, 3.63) is 10.1 Å². The fourth-order valence-electron chi connectivity index (χ4n) is 0.782. The molecule has 0 aliphatic carbocycles. The molecule has 1 aliphatic rings. The van der Waals surface area contributed by atoms with Gasteiger partial charge < -0.3 is 0 Å². The molecule has 3 heteroatoms. The van der Waals surface area contributed by atoms with Crippen molar-refractivity contribution in [2.24, 2.45) is 0 Å². The molecule has 0 amide bonds. The summed E-state index contributed by atoms with van der Waals surface area (Å²) in [6.07, 6.45) is 0. The molecule has 0 saturated heterocycles. The Morgan fingerprint density at radius 2 is 2.22 bits per heavy atom. The van der Waals surface area contributed by atoms with Crippen LogP contribution in [0.15, 0.2) is 10.1 Å². The fraction of sp³-hybridized carbons (Fsp3) is 0.333. The SMILES string of the molecule is c1cc2c([te]1)OCCO2. The zero-order valence-electron chi connectivity index (χ0n) is 4.79. The number of ether oxygens (including phenoxy) is 2. The van der Waals surface area contributed by atoms with E-state index in [1.165, 1.54) is 0 Å². The summed E-state index contributed by atoms with van der Waals surface area (Å²) in [5, 5.41) is 0. The van der Waals surface area contributed by atoms with Gasteiger partial charge in [0.2, 0.25) is 0 Å². The number of fused-ring (bicyclic) bond motifs is 1. The van der Waals surface area contributed by atoms with Crippen molar-refractivity contribution in [2.45, 2.75) is 0 Å². The molecule has 1 aromatic heterocycles. The third-order valence-corrected chi connectivity index (χ3v) is 3.47. The zero-order chi connectivity index (χ0) is 6.10. The molecule has 0 radical (unpaired) electrons. The maximum atomic E-state index is 5.35. The van der Waals surface area contributed by atoms with Crippen molar-refractivity contribution in [3.8, 4) is 9.51 Å². The first kappa shape index (κ1) is 5.64. The first-order chi connectivity index (χ1) is 4.47. The molecule has 2 rings (SSSR count). The Morgan fingerprint density at radius 3 is 3.11 bits per heavy atom. The number of hydrogen-bond acceptors (Lipinski definition) is 2. The van der Waals surface area contributed by atoms with Gasteiger partial charge in [-0.1, -0.05) is 0 Å². The van der Waals surface area contributed by atoms with Crippen molar-refractivity contribution >= 4 is 20.4 Å². The van der Waals surface area contributed by atoms with Crippen LogP contribution in [0.2, 0.25) is 0 Å². The quantitative estimate of drug-likeness (QED) is 0.613. The second kappa shape index (κ2) is 2.24. The molecule has 0 saturated carbocycles. The second-order valence-corrected chi connectivity index (χ2v) is 4.28. The van der Waals surface area contributed by atoms with E-state index in [9.17, 15) is 0 Å². The standard InChI is InChI=1S/C6H6O2Te/c1-4-9-6-5(1)7-2-3-8-6/h1,4H,2-3H2. The Balaban J connectivity index is 2.39. The molecule has 0 fully saturated rings. The van der Waals surface area contributed by atoms with Gasteiger partial charge in [0, 0.05) is 0 Å². The van der Waals surface area contributed by atoms with Crippen LogP contribution in [-0.2, 0) is 0 Å². The van der Waals surface area contributed by atoms with Crippen LogP contribution >= 0.6 is 0 Å². The van der Waals surface area contributed by atoms with Crippen molar-refractivity contribution in [3.63, 3.8) is 0 Å². The topological polar surface area (TPSA) is 18.5 Å². The normalized spacial score (nSPS) is 15.6. The molecule has 0 N–H and O–H groups in total. The summed E-state index contributed by atoms with van der Waals surface area (Å²) >= 11 is -0.127. The van der Waals surface area contributed by atoms with Crippen LogP contribution < -0.4 is 9.47 Å². The van der Waals surface area contributed by atoms with E-state index in [-0.39, 0.29) is 20.4 Å². The van der Waals surface area contributed by atoms with E-state index in [1.54, 1.807) is 0 Å². The summed E-state index contributed by atoms with van der Waals surface area (Å²) in [6.45, 7) is 1.46. The van der Waals surface area contributed by atoms with Gasteiger partial charge in [0.15, 0.2) is 0 Å². The van der Waals surface area contributed by atoms with Crippen molar-refractivity contribution in [1.29, 1.82) is 0 Å². The third-order valence-electron chi connectivity index (χ3n) is 1.17. The predicted octanol–water partition coefficient (Wildman–Crippen LogP) is 0.515. The van der Waals surface area contributed by atoms with E-state index in [0.717, 1.165) is 22.7 Å². The molecular formula is C6H6O2Te. The molecule has 0 atom stereocenters. The molecule has 1 aliphatic heterocycles. The minimum atomic E-state index is -0.127. The van der Waals surface area contributed by atoms with Crippen molar-refractivity contribution in [2.75, 3.05) is 13.2 Å². The summed E-state index contributed by atoms with van der Waals surface area (Å²) < 4.78 is 14.0. The molecule has 2 heterocycles. The van der Waals surface area contributed by atoms with Crippen LogP contribution in [0.25, 0.3) is 0 Å². The average Bonchev–Trinajstić information content (AvgIpc) is 2.33. The van der Waals surface area contributed by atoms with Crippen LogP contribution in [0.5, 0.6) is 9.51 Å². The summed E-state index contributed by atoms with van der Waals surface area (Å²) in [7, 11) is 0. The van der Waals surface area contributed by atoms with Crippen LogP contribution in [-0.4, -0.2) is 33.6 Å². The first-order valence-electron chi connectivity index (χ1n) is 2.80. The van der Waals surface area contributed by atoms with E-state index in [2.05, 4.69) is 4.08 Å². The van der Waals surface area contributed by atoms with Gasteiger partial charge in [-0.3, -0.25) is 0 Å². The average molecular weight is 238 g/mol. The third kappa shape index (κ3) is 0.953.